The summed E-state index contributed by atoms with van der Waals surface area (Å²) in [7, 11) is 3.30. The maximum absolute atomic E-state index is 5.30. The molecule has 3 nitrogen and oxygen atoms in total. The minimum absolute atomic E-state index is 0.756. The SMILES string of the molecule is COc1ccc(NCCCCc2ccccc2)cc1OC. The van der Waals surface area contributed by atoms with Gasteiger partial charge in [-0.05, 0) is 37.0 Å². The molecule has 0 unspecified atom stereocenters. The van der Waals surface area contributed by atoms with Gasteiger partial charge in [-0.1, -0.05) is 30.3 Å². The Labute approximate surface area is 126 Å². The molecule has 0 aliphatic heterocycles. The van der Waals surface area contributed by atoms with Crippen LogP contribution in [0.5, 0.6) is 11.5 Å². The molecule has 1 N–H and O–H groups in total. The molecule has 0 atom stereocenters. The van der Waals surface area contributed by atoms with E-state index in [1.54, 1.807) is 14.2 Å². The number of hydrogen-bond acceptors (Lipinski definition) is 3. The van der Waals surface area contributed by atoms with Crippen LogP contribution in [0.25, 0.3) is 0 Å². The Morgan fingerprint density at radius 3 is 2.33 bits per heavy atom. The monoisotopic (exact) mass is 285 g/mol. The highest BCUT2D eigenvalue weighted by molar-refractivity contribution is 5.54. The van der Waals surface area contributed by atoms with E-state index in [0.29, 0.717) is 0 Å². The Bertz CT molecular complexity index is 540. The molecule has 0 aromatic heterocycles. The summed E-state index contributed by atoms with van der Waals surface area (Å²) in [6.07, 6.45) is 3.46. The number of anilines is 1. The summed E-state index contributed by atoms with van der Waals surface area (Å²) in [5, 5.41) is 3.42. The summed E-state index contributed by atoms with van der Waals surface area (Å²) in [6, 6.07) is 16.5. The normalized spacial score (nSPS) is 10.2. The molecule has 0 aliphatic rings. The Morgan fingerprint density at radius 2 is 1.62 bits per heavy atom. The number of rotatable bonds is 8. The third-order valence-corrected chi connectivity index (χ3v) is 3.45. The number of nitrogens with one attached hydrogen (secondary N) is 1. The maximum atomic E-state index is 5.30. The lowest BCUT2D eigenvalue weighted by atomic mass is 10.1. The Morgan fingerprint density at radius 1 is 0.857 bits per heavy atom. The third-order valence-electron chi connectivity index (χ3n) is 3.45. The molecule has 0 amide bonds. The standard InChI is InChI=1S/C18H23NO2/c1-20-17-12-11-16(14-18(17)21-2)19-13-7-6-10-15-8-4-3-5-9-15/h3-5,8-9,11-12,14,19H,6-7,10,13H2,1-2H3. The molecular weight excluding hydrogens is 262 g/mol. The number of methoxy groups -OCH3 is 2. The van der Waals surface area contributed by atoms with E-state index in [4.69, 9.17) is 9.47 Å². The second-order valence-corrected chi connectivity index (χ2v) is 4.94. The summed E-state index contributed by atoms with van der Waals surface area (Å²) < 4.78 is 10.5. The topological polar surface area (TPSA) is 30.5 Å². The average Bonchev–Trinajstić information content (AvgIpc) is 2.55. The predicted octanol–water partition coefficient (Wildman–Crippen LogP) is 4.14. The van der Waals surface area contributed by atoms with Crippen LogP contribution < -0.4 is 14.8 Å². The molecule has 0 saturated carbocycles. The largest absolute Gasteiger partial charge is 0.493 e. The van der Waals surface area contributed by atoms with Gasteiger partial charge in [0, 0.05) is 18.3 Å². The fraction of sp³-hybridized carbons (Fsp3) is 0.333. The molecule has 0 fully saturated rings. The zero-order valence-corrected chi connectivity index (χ0v) is 12.8. The zero-order chi connectivity index (χ0) is 14.9. The summed E-state index contributed by atoms with van der Waals surface area (Å²) in [6.45, 7) is 0.961. The highest BCUT2D eigenvalue weighted by Gasteiger charge is 2.03. The van der Waals surface area contributed by atoms with Crippen molar-refractivity contribution >= 4 is 5.69 Å². The summed E-state index contributed by atoms with van der Waals surface area (Å²) >= 11 is 0. The van der Waals surface area contributed by atoms with Crippen molar-refractivity contribution in [3.63, 3.8) is 0 Å². The molecule has 0 radical (unpaired) electrons. The quantitative estimate of drug-likeness (QED) is 0.739. The van der Waals surface area contributed by atoms with Gasteiger partial charge in [-0.25, -0.2) is 0 Å². The van der Waals surface area contributed by atoms with Crippen LogP contribution in [0, 0.1) is 0 Å². The highest BCUT2D eigenvalue weighted by Crippen LogP contribution is 2.29. The fourth-order valence-electron chi connectivity index (χ4n) is 2.28. The van der Waals surface area contributed by atoms with Crippen molar-refractivity contribution in [2.24, 2.45) is 0 Å². The Balaban J connectivity index is 1.73. The van der Waals surface area contributed by atoms with Gasteiger partial charge >= 0.3 is 0 Å². The number of unbranched alkanes of at least 4 members (excludes halogenated alkanes) is 1. The van der Waals surface area contributed by atoms with Crippen molar-refractivity contribution in [2.75, 3.05) is 26.1 Å². The molecule has 112 valence electrons. The van der Waals surface area contributed by atoms with E-state index in [9.17, 15) is 0 Å². The van der Waals surface area contributed by atoms with E-state index in [-0.39, 0.29) is 0 Å². The lowest BCUT2D eigenvalue weighted by Crippen LogP contribution is -2.02. The number of ether oxygens (including phenoxy) is 2. The molecule has 0 saturated heterocycles. The van der Waals surface area contributed by atoms with Crippen LogP contribution in [0.4, 0.5) is 5.69 Å². The third kappa shape index (κ3) is 4.71. The lowest BCUT2D eigenvalue weighted by Gasteiger charge is -2.11. The summed E-state index contributed by atoms with van der Waals surface area (Å²) in [5.41, 5.74) is 2.47. The van der Waals surface area contributed by atoms with Crippen LogP contribution in [0.15, 0.2) is 48.5 Å². The lowest BCUT2D eigenvalue weighted by molar-refractivity contribution is 0.355. The predicted molar refractivity (Wildman–Crippen MR) is 87.4 cm³/mol. The summed E-state index contributed by atoms with van der Waals surface area (Å²) in [5.74, 6) is 1.51. The van der Waals surface area contributed by atoms with E-state index in [1.165, 1.54) is 12.0 Å². The maximum Gasteiger partial charge on any atom is 0.162 e. The number of aryl methyl sites for hydroxylation is 1. The van der Waals surface area contributed by atoms with Crippen molar-refractivity contribution in [1.29, 1.82) is 0 Å². The molecule has 2 aromatic rings. The minimum Gasteiger partial charge on any atom is -0.493 e. The molecular formula is C18H23NO2. The van der Waals surface area contributed by atoms with Crippen molar-refractivity contribution in [3.8, 4) is 11.5 Å². The molecule has 0 heterocycles. The first kappa shape index (κ1) is 15.2. The number of hydrogen-bond donors (Lipinski definition) is 1. The molecule has 3 heteroatoms. The van der Waals surface area contributed by atoms with Gasteiger partial charge in [-0.2, -0.15) is 0 Å². The van der Waals surface area contributed by atoms with Crippen LogP contribution in [-0.2, 0) is 6.42 Å². The van der Waals surface area contributed by atoms with E-state index in [2.05, 4.69) is 35.6 Å². The highest BCUT2D eigenvalue weighted by atomic mass is 16.5. The van der Waals surface area contributed by atoms with Crippen LogP contribution >= 0.6 is 0 Å². The second kappa shape index (κ2) is 8.20. The first-order chi connectivity index (χ1) is 10.3. The van der Waals surface area contributed by atoms with Gasteiger partial charge in [0.2, 0.25) is 0 Å². The molecule has 0 spiro atoms. The van der Waals surface area contributed by atoms with Gasteiger partial charge in [-0.3, -0.25) is 0 Å². The molecule has 2 aromatic carbocycles. The van der Waals surface area contributed by atoms with Gasteiger partial charge in [0.25, 0.3) is 0 Å². The van der Waals surface area contributed by atoms with E-state index in [0.717, 1.165) is 36.6 Å². The Hall–Kier alpha value is -2.16. The number of benzene rings is 2. The fourth-order valence-corrected chi connectivity index (χ4v) is 2.28. The van der Waals surface area contributed by atoms with Crippen LogP contribution in [0.2, 0.25) is 0 Å². The van der Waals surface area contributed by atoms with Crippen LogP contribution in [0.1, 0.15) is 18.4 Å². The molecule has 21 heavy (non-hydrogen) atoms. The smallest absolute Gasteiger partial charge is 0.162 e. The molecule has 0 bridgehead atoms. The van der Waals surface area contributed by atoms with Crippen molar-refractivity contribution in [3.05, 3.63) is 54.1 Å². The Kier molecular flexibility index (Phi) is 5.95. The second-order valence-electron chi connectivity index (χ2n) is 4.94. The minimum atomic E-state index is 0.756. The average molecular weight is 285 g/mol. The van der Waals surface area contributed by atoms with Crippen molar-refractivity contribution in [1.82, 2.24) is 0 Å². The van der Waals surface area contributed by atoms with Crippen molar-refractivity contribution < 1.29 is 9.47 Å². The van der Waals surface area contributed by atoms with Gasteiger partial charge in [0.1, 0.15) is 0 Å². The van der Waals surface area contributed by atoms with Crippen LogP contribution in [-0.4, -0.2) is 20.8 Å². The van der Waals surface area contributed by atoms with Crippen LogP contribution in [0.3, 0.4) is 0 Å². The van der Waals surface area contributed by atoms with Gasteiger partial charge < -0.3 is 14.8 Å². The van der Waals surface area contributed by atoms with Gasteiger partial charge in [0.15, 0.2) is 11.5 Å². The summed E-state index contributed by atoms with van der Waals surface area (Å²) in [4.78, 5) is 0. The first-order valence-corrected chi connectivity index (χ1v) is 7.33. The van der Waals surface area contributed by atoms with Gasteiger partial charge in [-0.15, -0.1) is 0 Å². The van der Waals surface area contributed by atoms with E-state index < -0.39 is 0 Å². The molecule has 2 rings (SSSR count). The van der Waals surface area contributed by atoms with Gasteiger partial charge in [0.05, 0.1) is 14.2 Å². The van der Waals surface area contributed by atoms with E-state index >= 15 is 0 Å². The first-order valence-electron chi connectivity index (χ1n) is 7.33. The zero-order valence-electron chi connectivity index (χ0n) is 12.8. The van der Waals surface area contributed by atoms with E-state index in [1.807, 2.05) is 18.2 Å². The molecule has 0 aliphatic carbocycles. The van der Waals surface area contributed by atoms with Crippen molar-refractivity contribution in [2.45, 2.75) is 19.3 Å².